The van der Waals surface area contributed by atoms with Crippen LogP contribution in [-0.4, -0.2) is 35.7 Å². The molecule has 0 fully saturated rings. The maximum Gasteiger partial charge on any atom is 0.322 e. The lowest BCUT2D eigenvalue weighted by Crippen LogP contribution is -2.48. The number of rotatable bonds is 6. The molecule has 0 radical (unpaired) electrons. The van der Waals surface area contributed by atoms with E-state index in [-0.39, 0.29) is 5.92 Å². The first kappa shape index (κ1) is 13.9. The molecular weight excluding hydrogens is 198 g/mol. The Labute approximate surface area is 89.8 Å². The predicted molar refractivity (Wildman–Crippen MR) is 55.5 cm³/mol. The third kappa shape index (κ3) is 4.78. The van der Waals surface area contributed by atoms with Gasteiger partial charge in [0.1, 0.15) is 12.1 Å². The van der Waals surface area contributed by atoms with Crippen LogP contribution in [0.3, 0.4) is 0 Å². The quantitative estimate of drug-likeness (QED) is 0.638. The lowest BCUT2D eigenvalue weighted by molar-refractivity contribution is -0.146. The molecule has 88 valence electrons. The van der Waals surface area contributed by atoms with Crippen LogP contribution in [0.5, 0.6) is 0 Å². The van der Waals surface area contributed by atoms with Gasteiger partial charge in [-0.05, 0) is 19.8 Å². The third-order valence-electron chi connectivity index (χ3n) is 2.00. The number of aliphatic carboxylic acids is 1. The molecule has 0 aliphatic heterocycles. The van der Waals surface area contributed by atoms with E-state index in [0.29, 0.717) is 6.61 Å². The van der Waals surface area contributed by atoms with Crippen LogP contribution in [0.15, 0.2) is 0 Å². The molecule has 0 aromatic carbocycles. The highest BCUT2D eigenvalue weighted by Crippen LogP contribution is 2.03. The van der Waals surface area contributed by atoms with Gasteiger partial charge >= 0.3 is 11.9 Å². The summed E-state index contributed by atoms with van der Waals surface area (Å²) in [5.41, 5.74) is 0. The molecule has 5 nitrogen and oxygen atoms in total. The fraction of sp³-hybridized carbons (Fsp3) is 0.800. The second-order valence-electron chi connectivity index (χ2n) is 3.70. The topological polar surface area (TPSA) is 75.6 Å². The van der Waals surface area contributed by atoms with Gasteiger partial charge in [0, 0.05) is 0 Å². The molecule has 0 spiro atoms. The smallest absolute Gasteiger partial charge is 0.322 e. The van der Waals surface area contributed by atoms with Crippen LogP contribution in [0.2, 0.25) is 0 Å². The van der Waals surface area contributed by atoms with Crippen LogP contribution in [0, 0.1) is 5.92 Å². The summed E-state index contributed by atoms with van der Waals surface area (Å²) in [6, 6.07) is -1.34. The summed E-state index contributed by atoms with van der Waals surface area (Å²) in [6.07, 6.45) is 0. The molecule has 0 saturated heterocycles. The van der Waals surface area contributed by atoms with Gasteiger partial charge in [-0.3, -0.25) is 14.9 Å². The summed E-state index contributed by atoms with van der Waals surface area (Å²) in [4.78, 5) is 22.1. The number of carboxylic acids is 1. The summed E-state index contributed by atoms with van der Waals surface area (Å²) in [7, 11) is 0. The number of carboxylic acid groups (broad SMARTS) is 1. The van der Waals surface area contributed by atoms with Crippen molar-refractivity contribution >= 4 is 11.9 Å². The molecule has 15 heavy (non-hydrogen) atoms. The molecule has 0 amide bonds. The van der Waals surface area contributed by atoms with Crippen molar-refractivity contribution in [3.8, 4) is 0 Å². The van der Waals surface area contributed by atoms with Crippen molar-refractivity contribution in [3.05, 3.63) is 0 Å². The van der Waals surface area contributed by atoms with Crippen molar-refractivity contribution in [1.29, 1.82) is 0 Å². The van der Waals surface area contributed by atoms with Gasteiger partial charge in [-0.15, -0.1) is 0 Å². The SMILES string of the molecule is CCOC(=O)C(C)NC(C(=O)O)C(C)C. The van der Waals surface area contributed by atoms with Crippen molar-refractivity contribution in [1.82, 2.24) is 5.32 Å². The Hall–Kier alpha value is -1.10. The molecule has 0 heterocycles. The van der Waals surface area contributed by atoms with E-state index in [9.17, 15) is 9.59 Å². The maximum atomic E-state index is 11.2. The first-order valence-corrected chi connectivity index (χ1v) is 5.05. The average molecular weight is 217 g/mol. The van der Waals surface area contributed by atoms with Gasteiger partial charge in [0.05, 0.1) is 6.61 Å². The number of nitrogens with one attached hydrogen (secondary N) is 1. The average Bonchev–Trinajstić information content (AvgIpc) is 2.12. The standard InChI is InChI=1S/C10H19NO4/c1-5-15-10(14)7(4)11-8(6(2)3)9(12)13/h6-8,11H,5H2,1-4H3,(H,12,13). The molecule has 0 bridgehead atoms. The molecule has 0 aliphatic rings. The van der Waals surface area contributed by atoms with E-state index < -0.39 is 24.0 Å². The lowest BCUT2D eigenvalue weighted by atomic mass is 10.0. The van der Waals surface area contributed by atoms with E-state index >= 15 is 0 Å². The van der Waals surface area contributed by atoms with E-state index in [4.69, 9.17) is 9.84 Å². The van der Waals surface area contributed by atoms with E-state index in [0.717, 1.165) is 0 Å². The van der Waals surface area contributed by atoms with Crippen LogP contribution in [0.1, 0.15) is 27.7 Å². The van der Waals surface area contributed by atoms with Gasteiger partial charge in [0.25, 0.3) is 0 Å². The highest BCUT2D eigenvalue weighted by molar-refractivity contribution is 5.78. The van der Waals surface area contributed by atoms with Crippen molar-refractivity contribution in [2.75, 3.05) is 6.61 Å². The zero-order valence-corrected chi connectivity index (χ0v) is 9.61. The Morgan fingerprint density at radius 2 is 1.87 bits per heavy atom. The van der Waals surface area contributed by atoms with E-state index in [1.165, 1.54) is 0 Å². The van der Waals surface area contributed by atoms with Crippen LogP contribution >= 0.6 is 0 Å². The van der Waals surface area contributed by atoms with E-state index in [1.54, 1.807) is 27.7 Å². The summed E-state index contributed by atoms with van der Waals surface area (Å²) >= 11 is 0. The summed E-state index contributed by atoms with van der Waals surface area (Å²) in [6.45, 7) is 7.16. The highest BCUT2D eigenvalue weighted by Gasteiger charge is 2.26. The molecule has 2 unspecified atom stereocenters. The Bertz CT molecular complexity index is 227. The second kappa shape index (κ2) is 6.40. The van der Waals surface area contributed by atoms with Crippen molar-refractivity contribution in [3.63, 3.8) is 0 Å². The zero-order chi connectivity index (χ0) is 12.0. The molecule has 2 N–H and O–H groups in total. The first-order chi connectivity index (χ1) is 6.90. The maximum absolute atomic E-state index is 11.2. The van der Waals surface area contributed by atoms with Gasteiger partial charge in [-0.2, -0.15) is 0 Å². The first-order valence-electron chi connectivity index (χ1n) is 5.05. The lowest BCUT2D eigenvalue weighted by Gasteiger charge is -2.21. The Kier molecular flexibility index (Phi) is 5.93. The normalized spacial score (nSPS) is 14.7. The molecule has 2 atom stereocenters. The minimum Gasteiger partial charge on any atom is -0.480 e. The number of carbonyl (C=O) groups excluding carboxylic acids is 1. The van der Waals surface area contributed by atoms with Gasteiger partial charge in [-0.1, -0.05) is 13.8 Å². The van der Waals surface area contributed by atoms with Gasteiger partial charge in [0.2, 0.25) is 0 Å². The molecule has 0 rings (SSSR count). The molecule has 0 aromatic heterocycles. The van der Waals surface area contributed by atoms with Crippen LogP contribution in [0.25, 0.3) is 0 Å². The fourth-order valence-electron chi connectivity index (χ4n) is 1.15. The van der Waals surface area contributed by atoms with Crippen LogP contribution in [-0.2, 0) is 14.3 Å². The number of hydrogen-bond donors (Lipinski definition) is 2. The second-order valence-corrected chi connectivity index (χ2v) is 3.70. The largest absolute Gasteiger partial charge is 0.480 e. The monoisotopic (exact) mass is 217 g/mol. The Balaban J connectivity index is 4.28. The summed E-state index contributed by atoms with van der Waals surface area (Å²) in [5.74, 6) is -1.47. The minimum atomic E-state index is -0.957. The molecule has 0 aromatic rings. The molecular formula is C10H19NO4. The Morgan fingerprint density at radius 3 is 2.20 bits per heavy atom. The summed E-state index contributed by atoms with van der Waals surface area (Å²) in [5, 5.41) is 11.6. The molecule has 5 heteroatoms. The van der Waals surface area contributed by atoms with Gasteiger partial charge < -0.3 is 9.84 Å². The molecule has 0 aliphatic carbocycles. The molecule has 0 saturated carbocycles. The van der Waals surface area contributed by atoms with Crippen molar-refractivity contribution < 1.29 is 19.4 Å². The third-order valence-corrected chi connectivity index (χ3v) is 2.00. The predicted octanol–water partition coefficient (Wildman–Crippen LogP) is 0.637. The van der Waals surface area contributed by atoms with Crippen molar-refractivity contribution in [2.24, 2.45) is 5.92 Å². The van der Waals surface area contributed by atoms with Crippen molar-refractivity contribution in [2.45, 2.75) is 39.8 Å². The fourth-order valence-corrected chi connectivity index (χ4v) is 1.15. The van der Waals surface area contributed by atoms with E-state index in [2.05, 4.69) is 5.32 Å². The van der Waals surface area contributed by atoms with Crippen LogP contribution in [0.4, 0.5) is 0 Å². The number of ether oxygens (including phenoxy) is 1. The number of hydrogen-bond acceptors (Lipinski definition) is 4. The van der Waals surface area contributed by atoms with E-state index in [1.807, 2.05) is 0 Å². The Morgan fingerprint density at radius 1 is 1.33 bits per heavy atom. The highest BCUT2D eigenvalue weighted by atomic mass is 16.5. The number of carbonyl (C=O) groups is 2. The van der Waals surface area contributed by atoms with Crippen LogP contribution < -0.4 is 5.32 Å². The van der Waals surface area contributed by atoms with Gasteiger partial charge in [-0.25, -0.2) is 0 Å². The zero-order valence-electron chi connectivity index (χ0n) is 9.61. The minimum absolute atomic E-state index is 0.0839. The number of esters is 1. The van der Waals surface area contributed by atoms with Gasteiger partial charge in [0.15, 0.2) is 0 Å². The summed E-state index contributed by atoms with van der Waals surface area (Å²) < 4.78 is 4.77.